The Morgan fingerprint density at radius 1 is 1.06 bits per heavy atom. The monoisotopic (exact) mass is 529 g/mol. The Bertz CT molecular complexity index is 1270. The van der Waals surface area contributed by atoms with Crippen molar-refractivity contribution in [1.82, 2.24) is 9.29 Å². The molecule has 6 nitrogen and oxygen atoms in total. The molecule has 0 aliphatic carbocycles. The van der Waals surface area contributed by atoms with Crippen LogP contribution in [0.3, 0.4) is 0 Å². The van der Waals surface area contributed by atoms with Gasteiger partial charge in [-0.15, -0.1) is 11.3 Å². The molecule has 11 heteroatoms. The number of halogens is 3. The Morgan fingerprint density at radius 2 is 1.78 bits per heavy atom. The number of amides is 1. The summed E-state index contributed by atoms with van der Waals surface area (Å²) >= 11 is 19.7. The zero-order valence-electron chi connectivity index (χ0n) is 16.6. The molecule has 3 aromatic rings. The number of thiazole rings is 1. The van der Waals surface area contributed by atoms with E-state index in [0.29, 0.717) is 34.7 Å². The van der Waals surface area contributed by atoms with E-state index in [1.165, 1.54) is 33.8 Å². The third kappa shape index (κ3) is 5.11. The molecule has 1 aliphatic heterocycles. The molecule has 0 spiro atoms. The van der Waals surface area contributed by atoms with Crippen molar-refractivity contribution in [1.29, 1.82) is 0 Å². The SMILES string of the molecule is O=C(Nc1ncc(Cc2cc(Cl)ccc2Cl)s1)c1ccc(Cl)c(S(=O)(=O)N2CCCC2)c1. The van der Waals surface area contributed by atoms with Crippen molar-refractivity contribution < 1.29 is 13.2 Å². The van der Waals surface area contributed by atoms with Gasteiger partial charge in [0.1, 0.15) is 4.90 Å². The molecule has 168 valence electrons. The third-order valence-electron chi connectivity index (χ3n) is 5.02. The smallest absolute Gasteiger partial charge is 0.257 e. The van der Waals surface area contributed by atoms with Crippen molar-refractivity contribution in [3.63, 3.8) is 0 Å². The average molecular weight is 531 g/mol. The number of aromatic nitrogens is 1. The van der Waals surface area contributed by atoms with Gasteiger partial charge in [-0.05, 0) is 54.8 Å². The fraction of sp³-hybridized carbons (Fsp3) is 0.238. The minimum absolute atomic E-state index is 0.0656. The van der Waals surface area contributed by atoms with E-state index in [0.717, 1.165) is 23.3 Å². The van der Waals surface area contributed by atoms with E-state index >= 15 is 0 Å². The highest BCUT2D eigenvalue weighted by atomic mass is 35.5. The summed E-state index contributed by atoms with van der Waals surface area (Å²) < 4.78 is 27.2. The average Bonchev–Trinajstić information content (AvgIpc) is 3.44. The third-order valence-corrected chi connectivity index (χ3v) is 8.92. The van der Waals surface area contributed by atoms with Gasteiger partial charge < -0.3 is 0 Å². The molecule has 4 rings (SSSR count). The number of carbonyl (C=O) groups is 1. The molecule has 32 heavy (non-hydrogen) atoms. The highest BCUT2D eigenvalue weighted by molar-refractivity contribution is 7.89. The number of anilines is 1. The van der Waals surface area contributed by atoms with Crippen LogP contribution in [-0.2, 0) is 16.4 Å². The van der Waals surface area contributed by atoms with Crippen LogP contribution in [0, 0.1) is 0 Å². The minimum Gasteiger partial charge on any atom is -0.298 e. The maximum Gasteiger partial charge on any atom is 0.257 e. The topological polar surface area (TPSA) is 79.4 Å². The lowest BCUT2D eigenvalue weighted by atomic mass is 10.1. The van der Waals surface area contributed by atoms with Crippen LogP contribution in [0.5, 0.6) is 0 Å². The highest BCUT2D eigenvalue weighted by Gasteiger charge is 2.29. The molecule has 1 aromatic heterocycles. The molecule has 1 aliphatic rings. The first-order valence-electron chi connectivity index (χ1n) is 9.74. The number of hydrogen-bond donors (Lipinski definition) is 1. The van der Waals surface area contributed by atoms with Gasteiger partial charge in [0.05, 0.1) is 5.02 Å². The summed E-state index contributed by atoms with van der Waals surface area (Å²) in [6.07, 6.45) is 3.79. The minimum atomic E-state index is -3.75. The second kappa shape index (κ2) is 9.67. The summed E-state index contributed by atoms with van der Waals surface area (Å²) in [7, 11) is -3.75. The maximum absolute atomic E-state index is 12.9. The molecule has 0 bridgehead atoms. The number of nitrogens with zero attached hydrogens (tertiary/aromatic N) is 2. The first kappa shape index (κ1) is 23.5. The number of rotatable bonds is 6. The van der Waals surface area contributed by atoms with Crippen molar-refractivity contribution in [3.8, 4) is 0 Å². The Hall–Kier alpha value is -1.68. The van der Waals surface area contributed by atoms with E-state index in [9.17, 15) is 13.2 Å². The van der Waals surface area contributed by atoms with Crippen molar-refractivity contribution in [3.05, 3.63) is 73.7 Å². The van der Waals surface area contributed by atoms with Gasteiger partial charge in [0.15, 0.2) is 5.13 Å². The van der Waals surface area contributed by atoms with Gasteiger partial charge >= 0.3 is 0 Å². The van der Waals surface area contributed by atoms with Crippen LogP contribution in [-0.4, -0.2) is 36.7 Å². The van der Waals surface area contributed by atoms with Crippen LogP contribution in [0.2, 0.25) is 15.1 Å². The van der Waals surface area contributed by atoms with Crippen LogP contribution in [0.4, 0.5) is 5.13 Å². The molecule has 1 amide bonds. The number of carbonyl (C=O) groups excluding carboxylic acids is 1. The molecule has 0 saturated carbocycles. The van der Waals surface area contributed by atoms with E-state index < -0.39 is 15.9 Å². The standard InChI is InChI=1S/C21H18Cl3N3O3S2/c22-15-4-6-17(23)14(9-15)10-16-12-25-21(31-16)26-20(28)13-3-5-18(24)19(11-13)32(29,30)27-7-1-2-8-27/h3-6,9,11-12H,1-2,7-8,10H2,(H,25,26,28). The first-order chi connectivity index (χ1) is 15.2. The number of nitrogens with one attached hydrogen (secondary N) is 1. The Labute approximate surface area is 205 Å². The summed E-state index contributed by atoms with van der Waals surface area (Å²) in [4.78, 5) is 17.8. The Balaban J connectivity index is 1.51. The van der Waals surface area contributed by atoms with E-state index in [2.05, 4.69) is 10.3 Å². The normalized spacial score (nSPS) is 14.6. The van der Waals surface area contributed by atoms with Gasteiger partial charge in [-0.25, -0.2) is 13.4 Å². The van der Waals surface area contributed by atoms with Crippen LogP contribution in [0.15, 0.2) is 47.5 Å². The maximum atomic E-state index is 12.9. The molecule has 1 saturated heterocycles. The first-order valence-corrected chi connectivity index (χ1v) is 13.1. The molecule has 2 aromatic carbocycles. The van der Waals surface area contributed by atoms with Crippen LogP contribution in [0.1, 0.15) is 33.6 Å². The predicted octanol–water partition coefficient (Wildman–Crippen LogP) is 5.73. The summed E-state index contributed by atoms with van der Waals surface area (Å²) in [6.45, 7) is 0.904. The zero-order valence-corrected chi connectivity index (χ0v) is 20.5. The molecule has 1 fully saturated rings. The molecular formula is C21H18Cl3N3O3S2. The molecule has 0 unspecified atom stereocenters. The Kier molecular flexibility index (Phi) is 7.09. The highest BCUT2D eigenvalue weighted by Crippen LogP contribution is 2.30. The number of sulfonamides is 1. The lowest BCUT2D eigenvalue weighted by Gasteiger charge is -2.17. The quantitative estimate of drug-likeness (QED) is 0.441. The summed E-state index contributed by atoms with van der Waals surface area (Å²) in [5.41, 5.74) is 1.04. The molecular weight excluding hydrogens is 513 g/mol. The van der Waals surface area contributed by atoms with Gasteiger partial charge in [-0.3, -0.25) is 10.1 Å². The van der Waals surface area contributed by atoms with Crippen molar-refractivity contribution in [2.75, 3.05) is 18.4 Å². The zero-order chi connectivity index (χ0) is 22.9. The summed E-state index contributed by atoms with van der Waals surface area (Å²) in [6, 6.07) is 9.46. The fourth-order valence-electron chi connectivity index (χ4n) is 3.39. The lowest BCUT2D eigenvalue weighted by molar-refractivity contribution is 0.102. The molecule has 0 atom stereocenters. The van der Waals surface area contributed by atoms with Gasteiger partial charge in [-0.2, -0.15) is 4.31 Å². The van der Waals surface area contributed by atoms with Crippen molar-refractivity contribution >= 4 is 67.2 Å². The second-order valence-corrected chi connectivity index (χ2v) is 11.5. The lowest BCUT2D eigenvalue weighted by Crippen LogP contribution is -2.28. The number of hydrogen-bond acceptors (Lipinski definition) is 5. The van der Waals surface area contributed by atoms with Crippen LogP contribution in [0.25, 0.3) is 0 Å². The molecule has 2 heterocycles. The van der Waals surface area contributed by atoms with E-state index in [1.807, 2.05) is 0 Å². The summed E-state index contributed by atoms with van der Waals surface area (Å²) in [5, 5.41) is 4.38. The van der Waals surface area contributed by atoms with E-state index in [4.69, 9.17) is 34.8 Å². The van der Waals surface area contributed by atoms with E-state index in [1.54, 1.807) is 24.4 Å². The van der Waals surface area contributed by atoms with Crippen molar-refractivity contribution in [2.45, 2.75) is 24.2 Å². The predicted molar refractivity (Wildman–Crippen MR) is 129 cm³/mol. The molecule has 0 radical (unpaired) electrons. The van der Waals surface area contributed by atoms with Gasteiger partial charge in [0, 0.05) is 46.2 Å². The van der Waals surface area contributed by atoms with Crippen LogP contribution < -0.4 is 5.32 Å². The van der Waals surface area contributed by atoms with E-state index in [-0.39, 0.29) is 15.5 Å². The Morgan fingerprint density at radius 3 is 2.53 bits per heavy atom. The fourth-order valence-corrected chi connectivity index (χ4v) is 6.62. The number of benzene rings is 2. The van der Waals surface area contributed by atoms with Gasteiger partial charge in [-0.1, -0.05) is 34.8 Å². The summed E-state index contributed by atoms with van der Waals surface area (Å²) in [5.74, 6) is -0.471. The van der Waals surface area contributed by atoms with Gasteiger partial charge in [0.25, 0.3) is 5.91 Å². The van der Waals surface area contributed by atoms with Crippen LogP contribution >= 0.6 is 46.1 Å². The van der Waals surface area contributed by atoms with Crippen molar-refractivity contribution in [2.24, 2.45) is 0 Å². The molecule has 1 N–H and O–H groups in total. The largest absolute Gasteiger partial charge is 0.298 e. The second-order valence-electron chi connectivity index (χ2n) is 7.25. The van der Waals surface area contributed by atoms with Gasteiger partial charge in [0.2, 0.25) is 10.0 Å².